The molecule has 0 saturated carbocycles. The van der Waals surface area contributed by atoms with Crippen LogP contribution < -0.4 is 5.73 Å². The first-order chi connectivity index (χ1) is 6.02. The minimum atomic E-state index is 0.0700. The molecule has 0 bridgehead atoms. The van der Waals surface area contributed by atoms with Crippen molar-refractivity contribution in [1.82, 2.24) is 4.90 Å². The molecule has 3 heteroatoms. The number of nitrogens with zero attached hydrogens (tertiary/aromatic N) is 1. The van der Waals surface area contributed by atoms with Gasteiger partial charge >= 0.3 is 0 Å². The Hall–Kier alpha value is -0.800. The van der Waals surface area contributed by atoms with E-state index in [0.717, 1.165) is 11.5 Å². The molecular formula is C10H18N2O. The number of hydrogen-bond acceptors (Lipinski definition) is 3. The SMILES string of the molecule is Cc1ccc(C(C(C)N)N(C)C)o1. The highest BCUT2D eigenvalue weighted by atomic mass is 16.3. The predicted octanol–water partition coefficient (Wildman–Crippen LogP) is 1.54. The number of nitrogens with two attached hydrogens (primary N) is 1. The first-order valence-corrected chi connectivity index (χ1v) is 4.50. The number of likely N-dealkylation sites (N-methyl/N-ethyl adjacent to an activating group) is 1. The highest BCUT2D eigenvalue weighted by Gasteiger charge is 2.21. The molecule has 0 aliphatic carbocycles. The Labute approximate surface area is 79.5 Å². The smallest absolute Gasteiger partial charge is 0.122 e. The van der Waals surface area contributed by atoms with Gasteiger partial charge < -0.3 is 10.2 Å². The summed E-state index contributed by atoms with van der Waals surface area (Å²) < 4.78 is 5.55. The Balaban J connectivity index is 2.88. The Kier molecular flexibility index (Phi) is 3.12. The second-order valence-corrected chi connectivity index (χ2v) is 3.72. The van der Waals surface area contributed by atoms with E-state index < -0.39 is 0 Å². The van der Waals surface area contributed by atoms with E-state index in [1.807, 2.05) is 40.1 Å². The van der Waals surface area contributed by atoms with Gasteiger partial charge in [-0.2, -0.15) is 0 Å². The van der Waals surface area contributed by atoms with E-state index in [2.05, 4.69) is 4.90 Å². The lowest BCUT2D eigenvalue weighted by Gasteiger charge is -2.25. The van der Waals surface area contributed by atoms with Crippen LogP contribution in [0.3, 0.4) is 0 Å². The standard InChI is InChI=1S/C10H18N2O/c1-7-5-6-9(13-7)10(8(2)11)12(3)4/h5-6,8,10H,11H2,1-4H3. The summed E-state index contributed by atoms with van der Waals surface area (Å²) in [5.74, 6) is 1.88. The lowest BCUT2D eigenvalue weighted by molar-refractivity contribution is 0.227. The molecular weight excluding hydrogens is 164 g/mol. The van der Waals surface area contributed by atoms with Crippen molar-refractivity contribution in [2.75, 3.05) is 14.1 Å². The molecule has 1 heterocycles. The second kappa shape index (κ2) is 3.94. The average Bonchev–Trinajstić information content (AvgIpc) is 2.34. The van der Waals surface area contributed by atoms with E-state index in [1.165, 1.54) is 0 Å². The van der Waals surface area contributed by atoms with Crippen molar-refractivity contribution in [3.8, 4) is 0 Å². The monoisotopic (exact) mass is 182 g/mol. The van der Waals surface area contributed by atoms with Crippen LogP contribution in [-0.2, 0) is 0 Å². The Morgan fingerprint density at radius 2 is 2.00 bits per heavy atom. The summed E-state index contributed by atoms with van der Waals surface area (Å²) in [6.45, 7) is 3.93. The normalized spacial score (nSPS) is 16.2. The molecule has 0 aliphatic rings. The van der Waals surface area contributed by atoms with Gasteiger partial charge in [0.2, 0.25) is 0 Å². The molecule has 13 heavy (non-hydrogen) atoms. The summed E-state index contributed by atoms with van der Waals surface area (Å²) in [6.07, 6.45) is 0. The van der Waals surface area contributed by atoms with Crippen LogP contribution in [0.4, 0.5) is 0 Å². The zero-order chi connectivity index (χ0) is 10.0. The van der Waals surface area contributed by atoms with Crippen molar-refractivity contribution in [2.45, 2.75) is 25.9 Å². The van der Waals surface area contributed by atoms with Crippen LogP contribution in [0.25, 0.3) is 0 Å². The zero-order valence-electron chi connectivity index (χ0n) is 8.74. The summed E-state index contributed by atoms with van der Waals surface area (Å²) in [6, 6.07) is 4.19. The topological polar surface area (TPSA) is 42.4 Å². The highest BCUT2D eigenvalue weighted by Crippen LogP contribution is 2.22. The van der Waals surface area contributed by atoms with E-state index in [9.17, 15) is 0 Å². The van der Waals surface area contributed by atoms with Crippen molar-refractivity contribution in [3.63, 3.8) is 0 Å². The van der Waals surface area contributed by atoms with Gasteiger partial charge in [-0.25, -0.2) is 0 Å². The first-order valence-electron chi connectivity index (χ1n) is 4.50. The lowest BCUT2D eigenvalue weighted by atomic mass is 10.1. The lowest BCUT2D eigenvalue weighted by Crippen LogP contribution is -2.34. The average molecular weight is 182 g/mol. The molecule has 74 valence electrons. The van der Waals surface area contributed by atoms with Crippen LogP contribution in [0.1, 0.15) is 24.5 Å². The Morgan fingerprint density at radius 3 is 2.31 bits per heavy atom. The number of furan rings is 1. The van der Waals surface area contributed by atoms with E-state index in [0.29, 0.717) is 0 Å². The molecule has 0 fully saturated rings. The van der Waals surface area contributed by atoms with Gasteiger partial charge in [-0.05, 0) is 40.1 Å². The molecule has 2 atom stereocenters. The molecule has 0 aliphatic heterocycles. The van der Waals surface area contributed by atoms with E-state index in [1.54, 1.807) is 0 Å². The third-order valence-electron chi connectivity index (χ3n) is 2.11. The molecule has 1 aromatic heterocycles. The summed E-state index contributed by atoms with van der Waals surface area (Å²) in [4.78, 5) is 2.07. The summed E-state index contributed by atoms with van der Waals surface area (Å²) in [5, 5.41) is 0. The van der Waals surface area contributed by atoms with Crippen molar-refractivity contribution < 1.29 is 4.42 Å². The minimum absolute atomic E-state index is 0.0700. The highest BCUT2D eigenvalue weighted by molar-refractivity contribution is 5.11. The number of aryl methyl sites for hydroxylation is 1. The number of rotatable bonds is 3. The third-order valence-corrected chi connectivity index (χ3v) is 2.11. The van der Waals surface area contributed by atoms with E-state index in [-0.39, 0.29) is 12.1 Å². The van der Waals surface area contributed by atoms with E-state index in [4.69, 9.17) is 10.2 Å². The summed E-state index contributed by atoms with van der Waals surface area (Å²) >= 11 is 0. The first kappa shape index (κ1) is 10.3. The molecule has 3 nitrogen and oxygen atoms in total. The number of hydrogen-bond donors (Lipinski definition) is 1. The molecule has 2 unspecified atom stereocenters. The maximum absolute atomic E-state index is 5.88. The Morgan fingerprint density at radius 1 is 1.38 bits per heavy atom. The van der Waals surface area contributed by atoms with Crippen LogP contribution >= 0.6 is 0 Å². The van der Waals surface area contributed by atoms with Gasteiger partial charge in [-0.15, -0.1) is 0 Å². The van der Waals surface area contributed by atoms with E-state index >= 15 is 0 Å². The fraction of sp³-hybridized carbons (Fsp3) is 0.600. The van der Waals surface area contributed by atoms with Gasteiger partial charge in [-0.1, -0.05) is 0 Å². The molecule has 0 spiro atoms. The summed E-state index contributed by atoms with van der Waals surface area (Å²) in [7, 11) is 4.01. The quantitative estimate of drug-likeness (QED) is 0.771. The van der Waals surface area contributed by atoms with Crippen molar-refractivity contribution in [3.05, 3.63) is 23.7 Å². The molecule has 0 radical (unpaired) electrons. The maximum atomic E-state index is 5.88. The molecule has 2 N–H and O–H groups in total. The second-order valence-electron chi connectivity index (χ2n) is 3.72. The summed E-state index contributed by atoms with van der Waals surface area (Å²) in [5.41, 5.74) is 5.88. The zero-order valence-corrected chi connectivity index (χ0v) is 8.74. The molecule has 1 aromatic rings. The predicted molar refractivity (Wildman–Crippen MR) is 53.5 cm³/mol. The van der Waals surface area contributed by atoms with Gasteiger partial charge in [0, 0.05) is 6.04 Å². The van der Waals surface area contributed by atoms with Gasteiger partial charge in [-0.3, -0.25) is 4.90 Å². The van der Waals surface area contributed by atoms with Gasteiger partial charge in [0.15, 0.2) is 0 Å². The van der Waals surface area contributed by atoms with Gasteiger partial charge in [0.1, 0.15) is 11.5 Å². The largest absolute Gasteiger partial charge is 0.465 e. The fourth-order valence-corrected chi connectivity index (χ4v) is 1.60. The van der Waals surface area contributed by atoms with Gasteiger partial charge in [0.25, 0.3) is 0 Å². The van der Waals surface area contributed by atoms with Crippen LogP contribution in [0.15, 0.2) is 16.5 Å². The van der Waals surface area contributed by atoms with Crippen LogP contribution in [0, 0.1) is 6.92 Å². The van der Waals surface area contributed by atoms with Crippen LogP contribution in [0.5, 0.6) is 0 Å². The van der Waals surface area contributed by atoms with Crippen molar-refractivity contribution in [2.24, 2.45) is 5.73 Å². The Bertz CT molecular complexity index is 258. The maximum Gasteiger partial charge on any atom is 0.122 e. The van der Waals surface area contributed by atoms with Crippen molar-refractivity contribution in [1.29, 1.82) is 0 Å². The molecule has 1 rings (SSSR count). The van der Waals surface area contributed by atoms with Crippen molar-refractivity contribution >= 4 is 0 Å². The van der Waals surface area contributed by atoms with Crippen LogP contribution in [-0.4, -0.2) is 25.0 Å². The molecule has 0 amide bonds. The minimum Gasteiger partial charge on any atom is -0.465 e. The van der Waals surface area contributed by atoms with Gasteiger partial charge in [0.05, 0.1) is 6.04 Å². The fourth-order valence-electron chi connectivity index (χ4n) is 1.60. The molecule has 0 saturated heterocycles. The van der Waals surface area contributed by atoms with Crippen LogP contribution in [0.2, 0.25) is 0 Å². The third kappa shape index (κ3) is 2.32. The molecule has 0 aromatic carbocycles.